The van der Waals surface area contributed by atoms with Gasteiger partial charge in [-0.2, -0.15) is 0 Å². The minimum absolute atomic E-state index is 0.0335. The predicted molar refractivity (Wildman–Crippen MR) is 90.9 cm³/mol. The van der Waals surface area contributed by atoms with Crippen LogP contribution in [-0.2, 0) is 4.79 Å². The molecular formula is C16H19Cl2N3O2. The molecule has 2 N–H and O–H groups in total. The fourth-order valence-electron chi connectivity index (χ4n) is 2.99. The zero-order valence-electron chi connectivity index (χ0n) is 12.9. The number of amides is 2. The first-order valence-corrected chi connectivity index (χ1v) is 8.32. The summed E-state index contributed by atoms with van der Waals surface area (Å²) in [5, 5.41) is 0. The Morgan fingerprint density at radius 3 is 2.04 bits per heavy atom. The summed E-state index contributed by atoms with van der Waals surface area (Å²) in [5.74, 6) is -0.401. The Morgan fingerprint density at radius 1 is 1.09 bits per heavy atom. The van der Waals surface area contributed by atoms with E-state index in [-0.39, 0.29) is 5.91 Å². The van der Waals surface area contributed by atoms with Crippen LogP contribution < -0.4 is 10.6 Å². The molecule has 124 valence electrons. The quantitative estimate of drug-likeness (QED) is 0.843. The van der Waals surface area contributed by atoms with E-state index < -0.39 is 15.7 Å². The van der Waals surface area contributed by atoms with Crippen molar-refractivity contribution in [3.63, 3.8) is 0 Å². The van der Waals surface area contributed by atoms with Gasteiger partial charge in [-0.25, -0.2) is 0 Å². The van der Waals surface area contributed by atoms with Crippen molar-refractivity contribution in [3.05, 3.63) is 29.8 Å². The van der Waals surface area contributed by atoms with Gasteiger partial charge < -0.3 is 15.5 Å². The molecule has 1 aromatic carbocycles. The van der Waals surface area contributed by atoms with Gasteiger partial charge in [0.15, 0.2) is 0 Å². The lowest BCUT2D eigenvalue weighted by molar-refractivity contribution is -0.136. The first kappa shape index (κ1) is 16.4. The number of piperazine rings is 1. The summed E-state index contributed by atoms with van der Waals surface area (Å²) >= 11 is 12.2. The van der Waals surface area contributed by atoms with Crippen LogP contribution in [0.4, 0.5) is 5.69 Å². The van der Waals surface area contributed by atoms with Gasteiger partial charge in [-0.15, -0.1) is 23.2 Å². The maximum Gasteiger partial charge on any atom is 0.248 e. The highest BCUT2D eigenvalue weighted by molar-refractivity contribution is 6.53. The number of halogens is 2. The van der Waals surface area contributed by atoms with Gasteiger partial charge in [0.2, 0.25) is 11.8 Å². The summed E-state index contributed by atoms with van der Waals surface area (Å²) in [6.45, 7) is 4.56. The molecule has 7 heteroatoms. The molecule has 1 aromatic rings. The topological polar surface area (TPSA) is 66.6 Å². The standard InChI is InChI=1S/C16H19Cl2N3O2/c1-15(10-16(15,17)18)14(23)21-8-6-20(7-9-21)12-4-2-11(3-5-12)13(19)22/h2-5H,6-10H2,1H3,(H2,19,22)/t15-/m1/s1. The number of nitrogens with zero attached hydrogens (tertiary/aromatic N) is 2. The second-order valence-corrected chi connectivity index (χ2v) is 7.89. The molecule has 2 amide bonds. The molecule has 0 unspecified atom stereocenters. The van der Waals surface area contributed by atoms with Gasteiger partial charge in [-0.3, -0.25) is 9.59 Å². The number of benzene rings is 1. The third kappa shape index (κ3) is 2.88. The summed E-state index contributed by atoms with van der Waals surface area (Å²) < 4.78 is -0.925. The maximum atomic E-state index is 12.5. The first-order valence-electron chi connectivity index (χ1n) is 7.57. The van der Waals surface area contributed by atoms with Gasteiger partial charge in [0.1, 0.15) is 4.33 Å². The van der Waals surface area contributed by atoms with Crippen molar-refractivity contribution in [1.82, 2.24) is 4.90 Å². The third-order valence-corrected chi connectivity index (χ3v) is 5.92. The Kier molecular flexibility index (Phi) is 3.97. The Labute approximate surface area is 145 Å². The Hall–Kier alpha value is -1.46. The average Bonchev–Trinajstić information content (AvgIpc) is 3.06. The molecule has 23 heavy (non-hydrogen) atoms. The van der Waals surface area contributed by atoms with Crippen molar-refractivity contribution < 1.29 is 9.59 Å². The molecule has 1 saturated heterocycles. The lowest BCUT2D eigenvalue weighted by Gasteiger charge is -2.37. The molecule has 1 aliphatic heterocycles. The minimum atomic E-state index is -0.925. The van der Waals surface area contributed by atoms with E-state index in [2.05, 4.69) is 4.90 Å². The van der Waals surface area contributed by atoms with Crippen LogP contribution in [0, 0.1) is 5.41 Å². The summed E-state index contributed by atoms with van der Waals surface area (Å²) in [4.78, 5) is 27.7. The summed E-state index contributed by atoms with van der Waals surface area (Å²) in [6, 6.07) is 7.19. The van der Waals surface area contributed by atoms with Gasteiger partial charge in [-0.1, -0.05) is 0 Å². The second-order valence-electron chi connectivity index (χ2n) is 6.40. The van der Waals surface area contributed by atoms with E-state index in [4.69, 9.17) is 28.9 Å². The lowest BCUT2D eigenvalue weighted by atomic mass is 10.1. The van der Waals surface area contributed by atoms with E-state index in [0.717, 1.165) is 18.8 Å². The number of anilines is 1. The van der Waals surface area contributed by atoms with E-state index in [9.17, 15) is 9.59 Å². The van der Waals surface area contributed by atoms with Crippen LogP contribution >= 0.6 is 23.2 Å². The fourth-order valence-corrected chi connectivity index (χ4v) is 3.68. The van der Waals surface area contributed by atoms with Gasteiger partial charge in [-0.05, 0) is 37.6 Å². The van der Waals surface area contributed by atoms with E-state index in [0.29, 0.717) is 25.1 Å². The van der Waals surface area contributed by atoms with Crippen molar-refractivity contribution in [2.45, 2.75) is 17.7 Å². The molecule has 1 atom stereocenters. The number of nitrogens with two attached hydrogens (primary N) is 1. The fraction of sp³-hybridized carbons (Fsp3) is 0.500. The molecule has 2 aliphatic rings. The highest BCUT2D eigenvalue weighted by Crippen LogP contribution is 2.64. The molecule has 3 rings (SSSR count). The SMILES string of the molecule is C[C@]1(C(=O)N2CCN(c3ccc(C(N)=O)cc3)CC2)CC1(Cl)Cl. The largest absolute Gasteiger partial charge is 0.368 e. The maximum absolute atomic E-state index is 12.5. The Bertz CT molecular complexity index is 639. The van der Waals surface area contributed by atoms with Crippen LogP contribution in [0.3, 0.4) is 0 Å². The second kappa shape index (κ2) is 5.56. The molecule has 1 aliphatic carbocycles. The molecule has 1 saturated carbocycles. The van der Waals surface area contributed by atoms with Crippen LogP contribution in [0.25, 0.3) is 0 Å². The van der Waals surface area contributed by atoms with Crippen molar-refractivity contribution in [2.24, 2.45) is 11.1 Å². The highest BCUT2D eigenvalue weighted by atomic mass is 35.5. The van der Waals surface area contributed by atoms with E-state index >= 15 is 0 Å². The monoisotopic (exact) mass is 355 g/mol. The first-order chi connectivity index (χ1) is 10.7. The summed E-state index contributed by atoms with van der Waals surface area (Å²) in [5.41, 5.74) is 6.10. The number of hydrogen-bond donors (Lipinski definition) is 1. The number of carbonyl (C=O) groups excluding carboxylic acids is 2. The van der Waals surface area contributed by atoms with Crippen LogP contribution in [0.2, 0.25) is 0 Å². The molecular weight excluding hydrogens is 337 g/mol. The molecule has 5 nitrogen and oxygen atoms in total. The number of rotatable bonds is 3. The third-order valence-electron chi connectivity index (χ3n) is 4.81. The zero-order valence-corrected chi connectivity index (χ0v) is 14.4. The summed E-state index contributed by atoms with van der Waals surface area (Å²) in [6.07, 6.45) is 0.511. The number of alkyl halides is 2. The van der Waals surface area contributed by atoms with Crippen LogP contribution in [0.5, 0.6) is 0 Å². The van der Waals surface area contributed by atoms with Crippen molar-refractivity contribution in [1.29, 1.82) is 0 Å². The minimum Gasteiger partial charge on any atom is -0.368 e. The smallest absolute Gasteiger partial charge is 0.248 e. The normalized spacial score (nSPS) is 26.0. The lowest BCUT2D eigenvalue weighted by Crippen LogP contribution is -2.51. The summed E-state index contributed by atoms with van der Waals surface area (Å²) in [7, 11) is 0. The Morgan fingerprint density at radius 2 is 1.61 bits per heavy atom. The molecule has 0 bridgehead atoms. The van der Waals surface area contributed by atoms with Crippen LogP contribution in [0.1, 0.15) is 23.7 Å². The van der Waals surface area contributed by atoms with E-state index in [1.54, 1.807) is 12.1 Å². The molecule has 0 spiro atoms. The molecule has 2 fully saturated rings. The van der Waals surface area contributed by atoms with Crippen LogP contribution in [-0.4, -0.2) is 47.2 Å². The number of carbonyl (C=O) groups is 2. The van der Waals surface area contributed by atoms with Crippen molar-refractivity contribution >= 4 is 40.7 Å². The van der Waals surface area contributed by atoms with E-state index in [1.807, 2.05) is 24.0 Å². The van der Waals surface area contributed by atoms with Gasteiger partial charge in [0.25, 0.3) is 0 Å². The molecule has 0 radical (unpaired) electrons. The number of primary amides is 1. The predicted octanol–water partition coefficient (Wildman–Crippen LogP) is 2.02. The molecule has 1 heterocycles. The average molecular weight is 356 g/mol. The van der Waals surface area contributed by atoms with E-state index in [1.165, 1.54) is 0 Å². The molecule has 0 aromatic heterocycles. The van der Waals surface area contributed by atoms with Crippen molar-refractivity contribution in [3.8, 4) is 0 Å². The number of hydrogen-bond acceptors (Lipinski definition) is 3. The zero-order chi connectivity index (χ0) is 16.8. The van der Waals surface area contributed by atoms with Gasteiger partial charge in [0, 0.05) is 37.4 Å². The Balaban J connectivity index is 1.60. The highest BCUT2D eigenvalue weighted by Gasteiger charge is 2.68. The van der Waals surface area contributed by atoms with Gasteiger partial charge in [0.05, 0.1) is 5.41 Å². The van der Waals surface area contributed by atoms with Crippen LogP contribution in [0.15, 0.2) is 24.3 Å². The van der Waals surface area contributed by atoms with Crippen molar-refractivity contribution in [2.75, 3.05) is 31.1 Å². The van der Waals surface area contributed by atoms with Gasteiger partial charge >= 0.3 is 0 Å².